The lowest BCUT2D eigenvalue weighted by Gasteiger charge is -2.24. The molecule has 3 rings (SSSR count). The van der Waals surface area contributed by atoms with Crippen LogP contribution in [0.3, 0.4) is 0 Å². The van der Waals surface area contributed by atoms with Gasteiger partial charge in [-0.1, -0.05) is 0 Å². The van der Waals surface area contributed by atoms with Crippen molar-refractivity contribution >= 4 is 34.7 Å². The molecule has 1 amide bonds. The predicted molar refractivity (Wildman–Crippen MR) is 59.3 cm³/mol. The molecule has 2 atom stereocenters. The van der Waals surface area contributed by atoms with Gasteiger partial charge in [-0.2, -0.15) is 0 Å². The third kappa shape index (κ3) is 1.26. The van der Waals surface area contributed by atoms with E-state index in [1.54, 1.807) is 11.3 Å². The van der Waals surface area contributed by atoms with E-state index in [2.05, 4.69) is 16.7 Å². The van der Waals surface area contributed by atoms with E-state index in [-0.39, 0.29) is 24.2 Å². The molecular formula is C9H11ClN2OS. The summed E-state index contributed by atoms with van der Waals surface area (Å²) in [4.78, 5) is 11.6. The first-order valence-corrected chi connectivity index (χ1v) is 5.33. The van der Waals surface area contributed by atoms with Gasteiger partial charge in [-0.25, -0.2) is 0 Å². The second-order valence-electron chi connectivity index (χ2n) is 3.57. The Morgan fingerprint density at radius 1 is 1.36 bits per heavy atom. The first-order valence-electron chi connectivity index (χ1n) is 4.45. The minimum absolute atomic E-state index is 0. The van der Waals surface area contributed by atoms with Crippen LogP contribution in [0.25, 0.3) is 0 Å². The topological polar surface area (TPSA) is 41.1 Å². The van der Waals surface area contributed by atoms with Crippen LogP contribution in [0.2, 0.25) is 0 Å². The molecule has 0 saturated carbocycles. The molecule has 5 heteroatoms. The highest BCUT2D eigenvalue weighted by atomic mass is 35.5. The van der Waals surface area contributed by atoms with Crippen LogP contribution in [0.15, 0.2) is 11.4 Å². The highest BCUT2D eigenvalue weighted by molar-refractivity contribution is 7.14. The van der Waals surface area contributed by atoms with Gasteiger partial charge in [0.25, 0.3) is 0 Å². The van der Waals surface area contributed by atoms with Gasteiger partial charge < -0.3 is 10.6 Å². The van der Waals surface area contributed by atoms with E-state index in [0.29, 0.717) is 5.92 Å². The number of nitrogens with one attached hydrogen (secondary N) is 2. The average Bonchev–Trinajstić information content (AvgIpc) is 2.66. The highest BCUT2D eigenvalue weighted by Crippen LogP contribution is 2.40. The van der Waals surface area contributed by atoms with Crippen LogP contribution in [0.1, 0.15) is 11.5 Å². The molecule has 0 unspecified atom stereocenters. The summed E-state index contributed by atoms with van der Waals surface area (Å²) in [6.45, 7) is 1.77. The Morgan fingerprint density at radius 2 is 2.14 bits per heavy atom. The largest absolute Gasteiger partial charge is 0.317 e. The summed E-state index contributed by atoms with van der Waals surface area (Å²) < 4.78 is 0. The van der Waals surface area contributed by atoms with Crippen molar-refractivity contribution in [3.05, 3.63) is 17.0 Å². The number of anilines is 1. The number of carbonyl (C=O) groups excluding carboxylic acids is 1. The van der Waals surface area contributed by atoms with E-state index in [1.165, 1.54) is 5.56 Å². The second-order valence-corrected chi connectivity index (χ2v) is 4.48. The number of rotatable bonds is 0. The van der Waals surface area contributed by atoms with Gasteiger partial charge in [0.2, 0.25) is 5.91 Å². The molecule has 14 heavy (non-hydrogen) atoms. The zero-order valence-corrected chi connectivity index (χ0v) is 9.08. The first-order chi connectivity index (χ1) is 6.36. The summed E-state index contributed by atoms with van der Waals surface area (Å²) in [5.41, 5.74) is 1.32. The van der Waals surface area contributed by atoms with E-state index < -0.39 is 0 Å². The van der Waals surface area contributed by atoms with Crippen molar-refractivity contribution in [1.82, 2.24) is 5.32 Å². The third-order valence-electron chi connectivity index (χ3n) is 2.88. The summed E-state index contributed by atoms with van der Waals surface area (Å²) in [5, 5.41) is 9.32. The van der Waals surface area contributed by atoms with E-state index in [0.717, 1.165) is 18.1 Å². The summed E-state index contributed by atoms with van der Waals surface area (Å²) >= 11 is 1.62. The second kappa shape index (κ2) is 3.53. The average molecular weight is 231 g/mol. The molecule has 3 heterocycles. The zero-order chi connectivity index (χ0) is 8.84. The van der Waals surface area contributed by atoms with Gasteiger partial charge in [0.05, 0.1) is 10.9 Å². The molecule has 2 N–H and O–H groups in total. The van der Waals surface area contributed by atoms with Gasteiger partial charge in [0.15, 0.2) is 0 Å². The number of fused-ring (bicyclic) bond motifs is 3. The molecule has 3 nitrogen and oxygen atoms in total. The van der Waals surface area contributed by atoms with E-state index >= 15 is 0 Å². The van der Waals surface area contributed by atoms with Crippen molar-refractivity contribution in [2.24, 2.45) is 5.92 Å². The molecule has 76 valence electrons. The quantitative estimate of drug-likeness (QED) is 0.708. The van der Waals surface area contributed by atoms with Crippen LogP contribution in [-0.2, 0) is 4.79 Å². The van der Waals surface area contributed by atoms with Crippen LogP contribution in [0, 0.1) is 5.92 Å². The van der Waals surface area contributed by atoms with Gasteiger partial charge in [-0.05, 0) is 17.0 Å². The lowest BCUT2D eigenvalue weighted by Crippen LogP contribution is -2.31. The van der Waals surface area contributed by atoms with E-state index in [4.69, 9.17) is 0 Å². The maximum absolute atomic E-state index is 11.6. The smallest absolute Gasteiger partial charge is 0.230 e. The number of amides is 1. The van der Waals surface area contributed by atoms with Crippen LogP contribution >= 0.6 is 23.7 Å². The van der Waals surface area contributed by atoms with Crippen molar-refractivity contribution < 1.29 is 4.79 Å². The molecule has 0 bridgehead atoms. The van der Waals surface area contributed by atoms with E-state index in [1.807, 2.05) is 5.38 Å². The van der Waals surface area contributed by atoms with Crippen LogP contribution in [-0.4, -0.2) is 19.0 Å². The Hall–Kier alpha value is -0.580. The summed E-state index contributed by atoms with van der Waals surface area (Å²) in [6, 6.07) is 2.13. The van der Waals surface area contributed by atoms with Gasteiger partial charge in [-0.3, -0.25) is 4.79 Å². The number of carbonyl (C=O) groups is 1. The maximum atomic E-state index is 11.6. The fraction of sp³-hybridized carbons (Fsp3) is 0.444. The highest BCUT2D eigenvalue weighted by Gasteiger charge is 2.39. The van der Waals surface area contributed by atoms with Gasteiger partial charge in [0.1, 0.15) is 0 Å². The Bertz CT molecular complexity index is 365. The lowest BCUT2D eigenvalue weighted by atomic mass is 9.87. The fourth-order valence-corrected chi connectivity index (χ4v) is 3.06. The van der Waals surface area contributed by atoms with Crippen molar-refractivity contribution in [3.63, 3.8) is 0 Å². The number of hydrogen-bond donors (Lipinski definition) is 2. The van der Waals surface area contributed by atoms with Crippen LogP contribution in [0.4, 0.5) is 5.00 Å². The van der Waals surface area contributed by atoms with Crippen molar-refractivity contribution in [1.29, 1.82) is 0 Å². The molecule has 0 aromatic carbocycles. The van der Waals surface area contributed by atoms with Gasteiger partial charge >= 0.3 is 0 Å². The first kappa shape index (κ1) is 9.96. The van der Waals surface area contributed by atoms with Crippen molar-refractivity contribution in [2.45, 2.75) is 5.92 Å². The number of thiophene rings is 1. The SMILES string of the molecule is Cl.O=C1Nc2sccc2[C@H]2CNC[C@@H]12. The summed E-state index contributed by atoms with van der Waals surface area (Å²) in [6.07, 6.45) is 0. The minimum Gasteiger partial charge on any atom is -0.317 e. The lowest BCUT2D eigenvalue weighted by molar-refractivity contribution is -0.120. The molecule has 0 radical (unpaired) electrons. The zero-order valence-electron chi connectivity index (χ0n) is 7.45. The van der Waals surface area contributed by atoms with Gasteiger partial charge in [0, 0.05) is 19.0 Å². The predicted octanol–water partition coefficient (Wildman–Crippen LogP) is 1.43. The molecule has 0 spiro atoms. The van der Waals surface area contributed by atoms with Crippen molar-refractivity contribution in [3.8, 4) is 0 Å². The molecule has 1 aromatic rings. The fourth-order valence-electron chi connectivity index (χ4n) is 2.20. The number of hydrogen-bond acceptors (Lipinski definition) is 3. The molecule has 1 saturated heterocycles. The Labute approximate surface area is 92.3 Å². The Morgan fingerprint density at radius 3 is 3.00 bits per heavy atom. The summed E-state index contributed by atoms with van der Waals surface area (Å²) in [7, 11) is 0. The molecule has 1 fully saturated rings. The molecule has 1 aromatic heterocycles. The third-order valence-corrected chi connectivity index (χ3v) is 3.73. The minimum atomic E-state index is 0. The molecular weight excluding hydrogens is 220 g/mol. The summed E-state index contributed by atoms with van der Waals surface area (Å²) in [5.74, 6) is 0.752. The molecule has 2 aliphatic heterocycles. The van der Waals surface area contributed by atoms with Crippen molar-refractivity contribution in [2.75, 3.05) is 18.4 Å². The molecule has 2 aliphatic rings. The normalized spacial score (nSPS) is 28.7. The van der Waals surface area contributed by atoms with Crippen LogP contribution < -0.4 is 10.6 Å². The standard InChI is InChI=1S/C9H10N2OS.ClH/c12-8-7-4-10-3-6(7)5-1-2-13-9(5)11-8;/h1-2,6-7,10H,3-4H2,(H,11,12);1H/t6-,7-;/m1./s1. The monoisotopic (exact) mass is 230 g/mol. The Balaban J connectivity index is 0.000000750. The van der Waals surface area contributed by atoms with E-state index in [9.17, 15) is 4.79 Å². The Kier molecular flexibility index (Phi) is 2.51. The van der Waals surface area contributed by atoms with Crippen LogP contribution in [0.5, 0.6) is 0 Å². The van der Waals surface area contributed by atoms with Gasteiger partial charge in [-0.15, -0.1) is 23.7 Å². The maximum Gasteiger partial charge on any atom is 0.230 e. The molecule has 0 aliphatic carbocycles. The number of halogens is 1.